The first kappa shape index (κ1) is 19.9. The van der Waals surface area contributed by atoms with Crippen molar-refractivity contribution in [3.63, 3.8) is 0 Å². The summed E-state index contributed by atoms with van der Waals surface area (Å²) >= 11 is 6.10. The predicted molar refractivity (Wildman–Crippen MR) is 103 cm³/mol. The summed E-state index contributed by atoms with van der Waals surface area (Å²) < 4.78 is 40.5. The molecule has 0 atom stereocenters. The van der Waals surface area contributed by atoms with Gasteiger partial charge in [0.15, 0.2) is 5.65 Å². The molecule has 4 rings (SSSR count). The molecule has 29 heavy (non-hydrogen) atoms. The lowest BCUT2D eigenvalue weighted by Crippen LogP contribution is -2.49. The molecule has 0 unspecified atom stereocenters. The zero-order chi connectivity index (χ0) is 21.0. The summed E-state index contributed by atoms with van der Waals surface area (Å²) in [5.41, 5.74) is -0.940. The Kier molecular flexibility index (Phi) is 4.70. The van der Waals surface area contributed by atoms with E-state index in [-0.39, 0.29) is 11.0 Å². The average molecular weight is 426 g/mol. The van der Waals surface area contributed by atoms with Crippen molar-refractivity contribution in [3.05, 3.63) is 41.3 Å². The summed E-state index contributed by atoms with van der Waals surface area (Å²) in [7, 11) is 0. The van der Waals surface area contributed by atoms with Crippen molar-refractivity contribution < 1.29 is 18.3 Å². The number of nitrogens with zero attached hydrogens (tertiary/aromatic N) is 5. The number of aromatic nitrogens is 4. The highest BCUT2D eigenvalue weighted by molar-refractivity contribution is 6.28. The van der Waals surface area contributed by atoms with Gasteiger partial charge in [0.2, 0.25) is 5.28 Å². The van der Waals surface area contributed by atoms with Crippen LogP contribution in [0.4, 0.5) is 19.0 Å². The number of hydrogen-bond acceptors (Lipinski definition) is 5. The van der Waals surface area contributed by atoms with Crippen LogP contribution in [0.5, 0.6) is 0 Å². The Labute approximate surface area is 169 Å². The maximum absolute atomic E-state index is 13.1. The second-order valence-electron chi connectivity index (χ2n) is 7.95. The summed E-state index contributed by atoms with van der Waals surface area (Å²) in [6, 6.07) is 4.88. The fourth-order valence-electron chi connectivity index (χ4n) is 3.69. The summed E-state index contributed by atoms with van der Waals surface area (Å²) in [5.74, 6) is 0.905. The molecular formula is C19H19ClF3N5O. The zero-order valence-electron chi connectivity index (χ0n) is 15.8. The van der Waals surface area contributed by atoms with Crippen LogP contribution in [0.25, 0.3) is 16.7 Å². The first-order chi connectivity index (χ1) is 13.5. The van der Waals surface area contributed by atoms with Crippen molar-refractivity contribution in [2.24, 2.45) is 5.92 Å². The average Bonchev–Trinajstić information content (AvgIpc) is 2.99. The van der Waals surface area contributed by atoms with E-state index in [1.807, 2.05) is 4.90 Å². The van der Waals surface area contributed by atoms with E-state index in [2.05, 4.69) is 15.1 Å². The first-order valence-corrected chi connectivity index (χ1v) is 9.45. The number of hydrogen-bond donors (Lipinski definition) is 1. The number of rotatable bonds is 4. The van der Waals surface area contributed by atoms with Gasteiger partial charge in [-0.15, -0.1) is 0 Å². The second kappa shape index (κ2) is 6.84. The Balaban J connectivity index is 1.69. The summed E-state index contributed by atoms with van der Waals surface area (Å²) in [6.45, 7) is 4.94. The van der Waals surface area contributed by atoms with Crippen molar-refractivity contribution >= 4 is 28.5 Å². The summed E-state index contributed by atoms with van der Waals surface area (Å²) in [6.07, 6.45) is -2.26. The van der Waals surface area contributed by atoms with Gasteiger partial charge in [0.1, 0.15) is 5.82 Å². The SMILES string of the molecule is CC(C)(O)CC1CN(c2nc(Cl)nc3c2cnn3-c2cccc(C(F)(F)F)c2)C1. The highest BCUT2D eigenvalue weighted by atomic mass is 35.5. The maximum Gasteiger partial charge on any atom is 0.416 e. The number of fused-ring (bicyclic) bond motifs is 1. The molecule has 1 N–H and O–H groups in total. The van der Waals surface area contributed by atoms with Crippen molar-refractivity contribution in [1.29, 1.82) is 0 Å². The Morgan fingerprint density at radius 2 is 1.93 bits per heavy atom. The van der Waals surface area contributed by atoms with E-state index in [1.54, 1.807) is 13.8 Å². The van der Waals surface area contributed by atoms with Gasteiger partial charge in [0.25, 0.3) is 0 Å². The lowest BCUT2D eigenvalue weighted by molar-refractivity contribution is -0.137. The van der Waals surface area contributed by atoms with Gasteiger partial charge in [0.05, 0.1) is 28.4 Å². The molecule has 0 aliphatic carbocycles. The molecule has 1 aliphatic heterocycles. The van der Waals surface area contributed by atoms with Crippen LogP contribution in [-0.4, -0.2) is 43.5 Å². The van der Waals surface area contributed by atoms with Crippen molar-refractivity contribution in [3.8, 4) is 5.69 Å². The third-order valence-electron chi connectivity index (χ3n) is 4.84. The maximum atomic E-state index is 13.1. The number of benzene rings is 1. The monoisotopic (exact) mass is 425 g/mol. The van der Waals surface area contributed by atoms with E-state index in [1.165, 1.54) is 23.0 Å². The normalized spacial score (nSPS) is 15.8. The number of alkyl halides is 3. The smallest absolute Gasteiger partial charge is 0.390 e. The molecule has 10 heteroatoms. The number of aliphatic hydroxyl groups is 1. The molecule has 154 valence electrons. The van der Waals surface area contributed by atoms with Crippen LogP contribution >= 0.6 is 11.6 Å². The molecule has 0 saturated carbocycles. The van der Waals surface area contributed by atoms with E-state index in [0.29, 0.717) is 42.3 Å². The highest BCUT2D eigenvalue weighted by Gasteiger charge is 2.34. The molecule has 1 aromatic carbocycles. The van der Waals surface area contributed by atoms with Gasteiger partial charge in [-0.2, -0.15) is 28.2 Å². The minimum atomic E-state index is -4.45. The van der Waals surface area contributed by atoms with E-state index >= 15 is 0 Å². The van der Waals surface area contributed by atoms with E-state index in [0.717, 1.165) is 12.1 Å². The molecule has 1 fully saturated rings. The summed E-state index contributed by atoms with van der Waals surface area (Å²) in [4.78, 5) is 10.5. The largest absolute Gasteiger partial charge is 0.416 e. The van der Waals surface area contributed by atoms with Crippen molar-refractivity contribution in [2.45, 2.75) is 32.0 Å². The van der Waals surface area contributed by atoms with Crippen LogP contribution in [0.1, 0.15) is 25.8 Å². The molecule has 0 radical (unpaired) electrons. The topological polar surface area (TPSA) is 67.1 Å². The van der Waals surface area contributed by atoms with Crippen LogP contribution in [0.2, 0.25) is 5.28 Å². The van der Waals surface area contributed by atoms with E-state index in [4.69, 9.17) is 11.6 Å². The molecule has 3 aromatic rings. The Morgan fingerprint density at radius 1 is 1.21 bits per heavy atom. The minimum absolute atomic E-state index is 0.00726. The van der Waals surface area contributed by atoms with Crippen LogP contribution in [0.3, 0.4) is 0 Å². The fraction of sp³-hybridized carbons (Fsp3) is 0.421. The molecule has 6 nitrogen and oxygen atoms in total. The van der Waals surface area contributed by atoms with Crippen LogP contribution < -0.4 is 4.90 Å². The predicted octanol–water partition coefficient (Wildman–Crippen LogP) is 4.08. The molecule has 2 aromatic heterocycles. The molecule has 0 bridgehead atoms. The van der Waals surface area contributed by atoms with Gasteiger partial charge in [-0.3, -0.25) is 0 Å². The van der Waals surface area contributed by atoms with Gasteiger partial charge in [0, 0.05) is 13.1 Å². The third-order valence-corrected chi connectivity index (χ3v) is 5.01. The number of halogens is 4. The van der Waals surface area contributed by atoms with Gasteiger partial charge < -0.3 is 10.0 Å². The third kappa shape index (κ3) is 4.02. The second-order valence-corrected chi connectivity index (χ2v) is 8.28. The first-order valence-electron chi connectivity index (χ1n) is 9.07. The molecule has 1 saturated heterocycles. The standard InChI is InChI=1S/C19H19ClF3N5O/c1-18(2,29)7-11-9-27(10-11)15-14-8-24-28(16(14)26-17(20)25-15)13-5-3-4-12(6-13)19(21,22)23/h3-6,8,11,29H,7,9-10H2,1-2H3. The van der Waals surface area contributed by atoms with Gasteiger partial charge in [-0.25, -0.2) is 4.68 Å². The lowest BCUT2D eigenvalue weighted by Gasteiger charge is -2.42. The van der Waals surface area contributed by atoms with E-state index < -0.39 is 17.3 Å². The quantitative estimate of drug-likeness (QED) is 0.638. The molecule has 0 amide bonds. The Hall–Kier alpha value is -2.39. The molecular weight excluding hydrogens is 407 g/mol. The van der Waals surface area contributed by atoms with Gasteiger partial charge in [-0.1, -0.05) is 6.07 Å². The zero-order valence-corrected chi connectivity index (χ0v) is 16.5. The van der Waals surface area contributed by atoms with Gasteiger partial charge >= 0.3 is 6.18 Å². The fourth-order valence-corrected chi connectivity index (χ4v) is 3.85. The van der Waals surface area contributed by atoms with Gasteiger partial charge in [-0.05, 0) is 56.0 Å². The van der Waals surface area contributed by atoms with Crippen molar-refractivity contribution in [1.82, 2.24) is 19.7 Å². The van der Waals surface area contributed by atoms with Crippen LogP contribution in [-0.2, 0) is 6.18 Å². The minimum Gasteiger partial charge on any atom is -0.390 e. The van der Waals surface area contributed by atoms with E-state index in [9.17, 15) is 18.3 Å². The Bertz CT molecular complexity index is 1050. The van der Waals surface area contributed by atoms with Crippen LogP contribution in [0, 0.1) is 5.92 Å². The molecule has 1 aliphatic rings. The van der Waals surface area contributed by atoms with Crippen LogP contribution in [0.15, 0.2) is 30.5 Å². The molecule has 0 spiro atoms. The highest BCUT2D eigenvalue weighted by Crippen LogP contribution is 2.35. The number of anilines is 1. The molecule has 3 heterocycles. The lowest BCUT2D eigenvalue weighted by atomic mass is 9.88. The summed E-state index contributed by atoms with van der Waals surface area (Å²) in [5, 5.41) is 14.8. The Morgan fingerprint density at radius 3 is 2.59 bits per heavy atom. The van der Waals surface area contributed by atoms with Crippen molar-refractivity contribution in [2.75, 3.05) is 18.0 Å².